The Balaban J connectivity index is -0.000000215. The summed E-state index contributed by atoms with van der Waals surface area (Å²) in [4.78, 5) is 90.5. The maximum atomic E-state index is 11.5. The van der Waals surface area contributed by atoms with Gasteiger partial charge in [-0.2, -0.15) is 0 Å². The molecule has 2 atom stereocenters. The van der Waals surface area contributed by atoms with E-state index in [0.29, 0.717) is 78.5 Å². The van der Waals surface area contributed by atoms with Gasteiger partial charge in [-0.15, -0.1) is 0 Å². The van der Waals surface area contributed by atoms with E-state index in [4.69, 9.17) is 37.9 Å². The highest BCUT2D eigenvalue weighted by Crippen LogP contribution is 2.17. The van der Waals surface area contributed by atoms with Crippen LogP contribution in [0.5, 0.6) is 0 Å². The average Bonchev–Trinajstić information content (AvgIpc) is 0.876. The van der Waals surface area contributed by atoms with E-state index in [9.17, 15) is 38.4 Å². The Bertz CT molecular complexity index is 2560. The Labute approximate surface area is 793 Å². The number of esters is 8. The molecule has 0 aromatic rings. The Morgan fingerprint density at radius 1 is 0.180 bits per heavy atom. The SMILES string of the molecule is CC(C)C(=O)OCC[N+](C)(C)C.CCCCC(=O)OCC[N+](C)(C)C.CCCCC(=O)OCC[N+](CC)(CC)CC.CCCCC(=O)OCC[N+](CC)(CCC)CCC.CCCCC(=O)OCC[N+](CC)(CCC)CCCC.CCCC[N+](CC)(CCC)CCOC(=O)C(C)C.CCC[N+](CC)(CCC)CCOC(=O)C(C)C.CC[N+](CC)(CC)CCOC(=O)C(C)C. The van der Waals surface area contributed by atoms with Crippen LogP contribution in [-0.4, -0.2) is 349 Å². The zero-order chi connectivity index (χ0) is 100. The molecule has 128 heavy (non-hydrogen) atoms. The number of carbonyl (C=O) groups excluding carboxylic acids is 8. The van der Waals surface area contributed by atoms with E-state index in [1.54, 1.807) is 0 Å². The number of likely N-dealkylation sites (N-methyl/N-ethyl adjacent to an activating group) is 8. The lowest BCUT2D eigenvalue weighted by Gasteiger charge is -2.37. The van der Waals surface area contributed by atoms with Gasteiger partial charge < -0.3 is 73.8 Å². The summed E-state index contributed by atoms with van der Waals surface area (Å²) in [5.74, 6) is -0.565. The standard InChI is InChI=1S/C16H34NO2.2C15H32NO2.C14H30NO2.C13H28NO2.C12H26NO2.C10H22NO2.C9H20NO2/c1-5-9-11-16(18)19-15-14-17(8-4,12-7-3)13-10-6-2;1-6-9-11-16(8-3,10-7-2)12-13-18-15(17)14(4)5;1-5-9-10-15(17)18-14-13-16(8-4,11-6-2)12-7-3;1-6-9-15(8-3,10-7-2)11-12-17-14(16)13(4)5;1-5-9-10-13(15)16-12-11-14(6-2,7-3)8-4;1-6-13(7-2,8-3)9-10-15-12(14)11(4)5;1-5-6-7-10(12)13-9-8-11(2,3)4;1-8(2)9(11)12-7-6-10(3,4)5/h5-15H2,1-4H3;14H,6-13H2,1-5H3;5-14H2,1-4H3;13H,6-12H2,1-5H3;5-12H2,1-4H3;11H,6-10H2,1-5H3;5-9H2,1-4H3;8H,6-7H2,1-5H3/q8*+1. The highest BCUT2D eigenvalue weighted by atomic mass is 16.6. The van der Waals surface area contributed by atoms with Crippen molar-refractivity contribution in [2.75, 3.05) is 265 Å². The van der Waals surface area contributed by atoms with Crippen LogP contribution in [0.15, 0.2) is 0 Å². The van der Waals surface area contributed by atoms with Crippen LogP contribution in [-0.2, 0) is 76.3 Å². The first-order valence-electron chi connectivity index (χ1n) is 52.2. The summed E-state index contributed by atoms with van der Waals surface area (Å²) in [6.45, 7) is 95.9. The summed E-state index contributed by atoms with van der Waals surface area (Å²) in [6, 6.07) is 0. The molecule has 2 unspecified atom stereocenters. The highest BCUT2D eigenvalue weighted by molar-refractivity contribution is 5.73. The van der Waals surface area contributed by atoms with Crippen molar-refractivity contribution in [1.29, 1.82) is 0 Å². The predicted molar refractivity (Wildman–Crippen MR) is 538 cm³/mol. The van der Waals surface area contributed by atoms with Gasteiger partial charge in [0, 0.05) is 25.7 Å². The number of carbonyl (C=O) groups is 8. The van der Waals surface area contributed by atoms with E-state index in [0.717, 1.165) is 205 Å². The second-order valence-corrected chi connectivity index (χ2v) is 38.7. The molecule has 0 spiro atoms. The molecular weight excluding hydrogens is 1620 g/mol. The molecule has 0 aromatic heterocycles. The molecule has 0 radical (unpaired) electrons. The number of unbranched alkanes of at least 4 members (excludes halogenated alkanes) is 6. The topological polar surface area (TPSA) is 210 Å². The number of ether oxygens (including phenoxy) is 8. The smallest absolute Gasteiger partial charge is 0.308 e. The lowest BCUT2D eigenvalue weighted by atomic mass is 10.2. The summed E-state index contributed by atoms with van der Waals surface area (Å²) in [5.41, 5.74) is 0. The summed E-state index contributed by atoms with van der Waals surface area (Å²) in [7, 11) is 12.5. The fourth-order valence-corrected chi connectivity index (χ4v) is 14.5. The Morgan fingerprint density at radius 3 is 0.477 bits per heavy atom. The molecular formula is C104H224N8O16+8. The van der Waals surface area contributed by atoms with Gasteiger partial charge in [0.1, 0.15) is 105 Å². The van der Waals surface area contributed by atoms with E-state index in [1.807, 2.05) is 55.4 Å². The molecule has 0 aliphatic rings. The molecule has 24 heteroatoms. The molecule has 0 amide bonds. The van der Waals surface area contributed by atoms with Crippen LogP contribution < -0.4 is 0 Å². The summed E-state index contributed by atoms with van der Waals surface area (Å²) in [6.07, 6.45) is 22.4. The molecule has 0 rings (SSSR count). The van der Waals surface area contributed by atoms with Gasteiger partial charge in [0.25, 0.3) is 0 Å². The number of hydrogen-bond acceptors (Lipinski definition) is 16. The third-order valence-corrected chi connectivity index (χ3v) is 24.6. The second kappa shape index (κ2) is 87.8. The first-order chi connectivity index (χ1) is 60.2. The molecule has 0 saturated carbocycles. The first-order valence-corrected chi connectivity index (χ1v) is 52.2. The largest absolute Gasteiger partial charge is 0.460 e. The first kappa shape index (κ1) is 139. The summed E-state index contributed by atoms with van der Waals surface area (Å²) in [5, 5.41) is 0. The number of hydrogen-bond donors (Lipinski definition) is 0. The number of rotatable bonds is 68. The van der Waals surface area contributed by atoms with E-state index in [1.165, 1.54) is 117 Å². The molecule has 0 bridgehead atoms. The van der Waals surface area contributed by atoms with Crippen molar-refractivity contribution < 1.29 is 112 Å². The van der Waals surface area contributed by atoms with Gasteiger partial charge in [-0.25, -0.2) is 0 Å². The lowest BCUT2D eigenvalue weighted by molar-refractivity contribution is -0.927. The van der Waals surface area contributed by atoms with Crippen LogP contribution in [0.2, 0.25) is 0 Å². The Morgan fingerprint density at radius 2 is 0.328 bits per heavy atom. The lowest BCUT2D eigenvalue weighted by Crippen LogP contribution is -2.51. The summed E-state index contributed by atoms with van der Waals surface area (Å²) < 4.78 is 50.0. The minimum atomic E-state index is -0.108. The maximum absolute atomic E-state index is 11.5. The number of nitrogens with zero attached hydrogens (tertiary/aromatic N) is 8. The zero-order valence-corrected chi connectivity index (χ0v) is 92.0. The minimum absolute atomic E-state index is 0.0162. The number of quaternary nitrogens is 8. The fraction of sp³-hybridized carbons (Fsp3) is 0.923. The molecule has 0 aliphatic heterocycles. The van der Waals surface area contributed by atoms with Crippen molar-refractivity contribution in [3.8, 4) is 0 Å². The zero-order valence-electron chi connectivity index (χ0n) is 92.0. The van der Waals surface area contributed by atoms with Crippen molar-refractivity contribution in [2.45, 2.75) is 349 Å². The van der Waals surface area contributed by atoms with Gasteiger partial charge >= 0.3 is 47.8 Å². The summed E-state index contributed by atoms with van der Waals surface area (Å²) >= 11 is 0. The normalized spacial score (nSPS) is 12.4. The van der Waals surface area contributed by atoms with Crippen LogP contribution in [0.4, 0.5) is 0 Å². The van der Waals surface area contributed by atoms with E-state index >= 15 is 0 Å². The van der Waals surface area contributed by atoms with E-state index < -0.39 is 0 Å². The van der Waals surface area contributed by atoms with Crippen molar-refractivity contribution in [2.24, 2.45) is 23.7 Å². The van der Waals surface area contributed by atoms with E-state index in [-0.39, 0.29) is 71.4 Å². The van der Waals surface area contributed by atoms with Crippen LogP contribution in [0.3, 0.4) is 0 Å². The molecule has 24 nitrogen and oxygen atoms in total. The molecule has 0 saturated heterocycles. The van der Waals surface area contributed by atoms with Gasteiger partial charge in [0.05, 0.1) is 184 Å². The van der Waals surface area contributed by atoms with Gasteiger partial charge in [-0.05, 0) is 146 Å². The molecule has 0 N–H and O–H groups in total. The van der Waals surface area contributed by atoms with Crippen molar-refractivity contribution in [1.82, 2.24) is 0 Å². The average molecular weight is 1840 g/mol. The third kappa shape index (κ3) is 81.0. The Kier molecular flexibility index (Phi) is 95.2. The molecule has 0 aromatic carbocycles. The quantitative estimate of drug-likeness (QED) is 0.0315. The fourth-order valence-electron chi connectivity index (χ4n) is 14.5. The molecule has 768 valence electrons. The molecule has 0 aliphatic carbocycles. The molecule has 0 heterocycles. The minimum Gasteiger partial charge on any atom is -0.460 e. The van der Waals surface area contributed by atoms with Crippen LogP contribution in [0.1, 0.15) is 349 Å². The van der Waals surface area contributed by atoms with Crippen LogP contribution in [0, 0.1) is 23.7 Å². The predicted octanol–water partition coefficient (Wildman–Crippen LogP) is 20.2. The van der Waals surface area contributed by atoms with Gasteiger partial charge in [-0.3, -0.25) is 38.4 Å². The highest BCUT2D eigenvalue weighted by Gasteiger charge is 2.30. The van der Waals surface area contributed by atoms with E-state index in [2.05, 4.69) is 195 Å². The second-order valence-electron chi connectivity index (χ2n) is 38.7. The molecule has 0 fully saturated rings. The van der Waals surface area contributed by atoms with Crippen LogP contribution >= 0.6 is 0 Å². The van der Waals surface area contributed by atoms with Crippen molar-refractivity contribution in [3.63, 3.8) is 0 Å². The third-order valence-electron chi connectivity index (χ3n) is 24.6. The van der Waals surface area contributed by atoms with Crippen molar-refractivity contribution in [3.05, 3.63) is 0 Å². The monoisotopic (exact) mass is 1840 g/mol. The van der Waals surface area contributed by atoms with Gasteiger partial charge in [0.2, 0.25) is 0 Å². The maximum Gasteiger partial charge on any atom is 0.308 e. The van der Waals surface area contributed by atoms with Crippen LogP contribution in [0.25, 0.3) is 0 Å². The Hall–Kier alpha value is -4.56. The van der Waals surface area contributed by atoms with Gasteiger partial charge in [-0.1, -0.05) is 177 Å². The van der Waals surface area contributed by atoms with Crippen molar-refractivity contribution >= 4 is 47.8 Å². The van der Waals surface area contributed by atoms with Gasteiger partial charge in [0.15, 0.2) is 0 Å².